The van der Waals surface area contributed by atoms with Crippen LogP contribution in [0.4, 0.5) is 22.0 Å². The maximum absolute atomic E-state index is 12.8. The largest absolute Gasteiger partial charge is 0.471 e. The fraction of sp³-hybridized carbons (Fsp3) is 0.643. The van der Waals surface area contributed by atoms with Crippen LogP contribution in [0.5, 0.6) is 5.88 Å². The van der Waals surface area contributed by atoms with E-state index >= 15 is 0 Å². The first-order chi connectivity index (χ1) is 10.7. The molecule has 24 heavy (non-hydrogen) atoms. The van der Waals surface area contributed by atoms with Gasteiger partial charge in [0, 0.05) is 18.3 Å². The van der Waals surface area contributed by atoms with Gasteiger partial charge in [-0.1, -0.05) is 6.07 Å². The molecule has 0 saturated carbocycles. The van der Waals surface area contributed by atoms with Gasteiger partial charge in [0.2, 0.25) is 5.88 Å². The lowest BCUT2D eigenvalue weighted by atomic mass is 10.2. The van der Waals surface area contributed by atoms with Crippen LogP contribution in [0.3, 0.4) is 0 Å². The summed E-state index contributed by atoms with van der Waals surface area (Å²) in [4.78, 5) is 3.69. The highest BCUT2D eigenvalue weighted by Crippen LogP contribution is 2.35. The lowest BCUT2D eigenvalue weighted by Gasteiger charge is -2.22. The number of halogens is 5. The van der Waals surface area contributed by atoms with Crippen LogP contribution < -0.4 is 9.46 Å². The van der Waals surface area contributed by atoms with Gasteiger partial charge in [-0.3, -0.25) is 0 Å². The molecule has 1 unspecified atom stereocenters. The predicted molar refractivity (Wildman–Crippen MR) is 80.2 cm³/mol. The fourth-order valence-electron chi connectivity index (χ4n) is 1.39. The number of aromatic nitrogens is 1. The smallest absolute Gasteiger partial charge is 0.456 e. The van der Waals surface area contributed by atoms with Crippen molar-refractivity contribution >= 4 is 11.0 Å². The molecule has 0 bridgehead atoms. The van der Waals surface area contributed by atoms with Gasteiger partial charge >= 0.3 is 12.1 Å². The van der Waals surface area contributed by atoms with E-state index in [1.807, 2.05) is 0 Å². The number of alkyl halides is 5. The summed E-state index contributed by atoms with van der Waals surface area (Å²) in [6.45, 7) is 5.25. The molecular formula is C14H19F5N2O2S. The number of nitrogens with zero attached hydrogens (tertiary/aromatic N) is 1. The van der Waals surface area contributed by atoms with Gasteiger partial charge in [0.05, 0.1) is 15.7 Å². The van der Waals surface area contributed by atoms with Gasteiger partial charge in [0.15, 0.2) is 6.61 Å². The Labute approximate surface area is 139 Å². The van der Waals surface area contributed by atoms with Crippen molar-refractivity contribution in [2.75, 3.05) is 6.61 Å². The van der Waals surface area contributed by atoms with E-state index in [-0.39, 0.29) is 11.9 Å². The van der Waals surface area contributed by atoms with Crippen molar-refractivity contribution in [3.05, 3.63) is 23.9 Å². The van der Waals surface area contributed by atoms with Crippen molar-refractivity contribution < 1.29 is 30.9 Å². The minimum Gasteiger partial charge on any atom is -0.471 e. The summed E-state index contributed by atoms with van der Waals surface area (Å²) in [6.07, 6.45) is -4.42. The fourth-order valence-corrected chi connectivity index (χ4v) is 2.20. The summed E-state index contributed by atoms with van der Waals surface area (Å²) in [7, 11) is -1.33. The Balaban J connectivity index is 2.68. The zero-order chi connectivity index (χ0) is 18.8. The minimum atomic E-state index is -5.68. The van der Waals surface area contributed by atoms with Gasteiger partial charge in [-0.15, -0.1) is 0 Å². The number of ether oxygens (including phenoxy) is 1. The van der Waals surface area contributed by atoms with Gasteiger partial charge in [-0.25, -0.2) is 13.9 Å². The monoisotopic (exact) mass is 374 g/mol. The van der Waals surface area contributed by atoms with E-state index in [4.69, 9.17) is 0 Å². The SMILES string of the molecule is C[C@@H](NS(=O)C(C)(C)C)c1ccc(OCC(F)(F)C(F)(F)F)nc1. The molecule has 1 rings (SSSR count). The van der Waals surface area contributed by atoms with Crippen LogP contribution in [0, 0.1) is 0 Å². The maximum atomic E-state index is 12.8. The minimum absolute atomic E-state index is 0.355. The van der Waals surface area contributed by atoms with E-state index in [0.29, 0.717) is 5.56 Å². The van der Waals surface area contributed by atoms with Gasteiger partial charge < -0.3 is 4.74 Å². The molecule has 10 heteroatoms. The summed E-state index contributed by atoms with van der Waals surface area (Å²) >= 11 is 0. The summed E-state index contributed by atoms with van der Waals surface area (Å²) in [6, 6.07) is 2.27. The van der Waals surface area contributed by atoms with E-state index in [1.54, 1.807) is 27.7 Å². The quantitative estimate of drug-likeness (QED) is 0.772. The van der Waals surface area contributed by atoms with Crippen LogP contribution in [0.25, 0.3) is 0 Å². The van der Waals surface area contributed by atoms with Crippen molar-refractivity contribution in [3.63, 3.8) is 0 Å². The van der Waals surface area contributed by atoms with E-state index in [2.05, 4.69) is 14.4 Å². The second kappa shape index (κ2) is 7.30. The van der Waals surface area contributed by atoms with Crippen LogP contribution in [0.2, 0.25) is 0 Å². The summed E-state index contributed by atoms with van der Waals surface area (Å²) < 4.78 is 80.4. The summed E-state index contributed by atoms with van der Waals surface area (Å²) in [5.74, 6) is -5.31. The van der Waals surface area contributed by atoms with Gasteiger partial charge in [0.1, 0.15) is 0 Å². The molecule has 0 radical (unpaired) electrons. The first-order valence-electron chi connectivity index (χ1n) is 6.95. The molecule has 0 aliphatic carbocycles. The van der Waals surface area contributed by atoms with Crippen LogP contribution in [-0.4, -0.2) is 32.6 Å². The zero-order valence-electron chi connectivity index (χ0n) is 13.6. The third-order valence-corrected chi connectivity index (χ3v) is 4.60. The Hall–Kier alpha value is -1.29. The molecule has 0 amide bonds. The Kier molecular flexibility index (Phi) is 6.31. The molecular weight excluding hydrogens is 355 g/mol. The van der Waals surface area contributed by atoms with Crippen molar-refractivity contribution in [3.8, 4) is 5.88 Å². The molecule has 1 N–H and O–H groups in total. The molecule has 4 nitrogen and oxygen atoms in total. The molecule has 2 atom stereocenters. The second-order valence-corrected chi connectivity index (χ2v) is 8.14. The third-order valence-electron chi connectivity index (χ3n) is 2.92. The summed E-state index contributed by atoms with van der Waals surface area (Å²) in [5, 5.41) is 0. The highest BCUT2D eigenvalue weighted by molar-refractivity contribution is 7.84. The Morgan fingerprint density at radius 1 is 1.21 bits per heavy atom. The Morgan fingerprint density at radius 3 is 2.21 bits per heavy atom. The van der Waals surface area contributed by atoms with Crippen molar-refractivity contribution in [1.82, 2.24) is 9.71 Å². The second-order valence-electron chi connectivity index (χ2n) is 6.14. The van der Waals surface area contributed by atoms with Crippen molar-refractivity contribution in [2.45, 2.75) is 50.6 Å². The molecule has 0 fully saturated rings. The maximum Gasteiger partial charge on any atom is 0.456 e. The number of hydrogen-bond acceptors (Lipinski definition) is 3. The van der Waals surface area contributed by atoms with Crippen LogP contribution >= 0.6 is 0 Å². The predicted octanol–water partition coefficient (Wildman–Crippen LogP) is 3.77. The highest BCUT2D eigenvalue weighted by Gasteiger charge is 2.58. The van der Waals surface area contributed by atoms with Gasteiger partial charge in [0.25, 0.3) is 0 Å². The highest BCUT2D eigenvalue weighted by atomic mass is 32.2. The van der Waals surface area contributed by atoms with Crippen molar-refractivity contribution in [2.24, 2.45) is 0 Å². The number of pyridine rings is 1. The topological polar surface area (TPSA) is 51.2 Å². The van der Waals surface area contributed by atoms with Gasteiger partial charge in [-0.2, -0.15) is 22.0 Å². The molecule has 1 aromatic heterocycles. The standard InChI is InChI=1S/C14H19F5N2O2S/c1-9(21-24(22)12(2,3)4)10-5-6-11(20-7-10)23-8-13(15,16)14(17,18)19/h5-7,9,21H,8H2,1-4H3/t9-,24?/m1/s1. The lowest BCUT2D eigenvalue weighted by Crippen LogP contribution is -2.41. The molecule has 0 aromatic carbocycles. The first kappa shape index (κ1) is 20.8. The van der Waals surface area contributed by atoms with E-state index < -0.39 is 34.4 Å². The zero-order valence-corrected chi connectivity index (χ0v) is 14.4. The number of nitrogens with one attached hydrogen (secondary N) is 1. The molecule has 0 aliphatic rings. The Bertz CT molecular complexity index is 570. The number of rotatable bonds is 6. The molecule has 138 valence electrons. The number of hydrogen-bond donors (Lipinski definition) is 1. The van der Waals surface area contributed by atoms with E-state index in [9.17, 15) is 26.2 Å². The van der Waals surface area contributed by atoms with Crippen molar-refractivity contribution in [1.29, 1.82) is 0 Å². The molecule has 1 heterocycles. The van der Waals surface area contributed by atoms with Crippen LogP contribution in [-0.2, 0) is 11.0 Å². The van der Waals surface area contributed by atoms with Crippen LogP contribution in [0.15, 0.2) is 18.3 Å². The average Bonchev–Trinajstić information content (AvgIpc) is 2.43. The Morgan fingerprint density at radius 2 is 1.79 bits per heavy atom. The van der Waals surface area contributed by atoms with Gasteiger partial charge in [-0.05, 0) is 33.3 Å². The molecule has 0 aliphatic heterocycles. The average molecular weight is 374 g/mol. The molecule has 1 aromatic rings. The first-order valence-corrected chi connectivity index (χ1v) is 8.10. The lowest BCUT2D eigenvalue weighted by molar-refractivity contribution is -0.290. The van der Waals surface area contributed by atoms with Crippen LogP contribution in [0.1, 0.15) is 39.3 Å². The molecule has 0 spiro atoms. The van der Waals surface area contributed by atoms with E-state index in [0.717, 1.165) is 0 Å². The molecule has 0 saturated heterocycles. The van der Waals surface area contributed by atoms with E-state index in [1.165, 1.54) is 18.3 Å². The normalized spacial score (nSPS) is 15.9. The third kappa shape index (κ3) is 5.66. The summed E-state index contributed by atoms with van der Waals surface area (Å²) in [5.41, 5.74) is 0.586.